The van der Waals surface area contributed by atoms with Crippen LogP contribution in [0.1, 0.15) is 43.1 Å². The highest BCUT2D eigenvalue weighted by molar-refractivity contribution is 5.30. The number of nitrogens with one attached hydrogen (secondary N) is 1. The van der Waals surface area contributed by atoms with Crippen LogP contribution in [-0.2, 0) is 13.6 Å². The number of hydrogen-bond donors (Lipinski definition) is 1. The smallest absolute Gasteiger partial charge is 0.0644 e. The van der Waals surface area contributed by atoms with Crippen molar-refractivity contribution >= 4 is 0 Å². The van der Waals surface area contributed by atoms with E-state index in [2.05, 4.69) is 48.7 Å². The molecule has 0 radical (unpaired) electrons. The topological polar surface area (TPSA) is 47.7 Å². The minimum Gasteiger partial charge on any atom is -0.306 e. The Morgan fingerprint density at radius 2 is 2.11 bits per heavy atom. The lowest BCUT2D eigenvalue weighted by Gasteiger charge is -2.16. The van der Waals surface area contributed by atoms with Gasteiger partial charge in [0.15, 0.2) is 0 Å². The summed E-state index contributed by atoms with van der Waals surface area (Å²) < 4.78 is 3.83. The molecule has 104 valence electrons. The van der Waals surface area contributed by atoms with Crippen LogP contribution in [0.2, 0.25) is 0 Å². The van der Waals surface area contributed by atoms with Gasteiger partial charge in [-0.25, -0.2) is 0 Å². The van der Waals surface area contributed by atoms with Crippen LogP contribution in [0.4, 0.5) is 0 Å². The van der Waals surface area contributed by atoms with Crippen LogP contribution in [0.5, 0.6) is 0 Å². The van der Waals surface area contributed by atoms with E-state index in [0.717, 1.165) is 25.2 Å². The molecule has 1 atom stereocenters. The van der Waals surface area contributed by atoms with E-state index >= 15 is 0 Å². The fraction of sp³-hybridized carbons (Fsp3) is 0.571. The molecule has 0 spiro atoms. The van der Waals surface area contributed by atoms with Crippen molar-refractivity contribution in [1.82, 2.24) is 24.9 Å². The lowest BCUT2D eigenvalue weighted by atomic mass is 10.0. The van der Waals surface area contributed by atoms with Crippen molar-refractivity contribution in [2.24, 2.45) is 7.05 Å². The maximum Gasteiger partial charge on any atom is 0.0644 e. The number of hydrogen-bond acceptors (Lipinski definition) is 3. The Morgan fingerprint density at radius 3 is 2.63 bits per heavy atom. The summed E-state index contributed by atoms with van der Waals surface area (Å²) in [5, 5.41) is 12.4. The second-order valence-electron chi connectivity index (χ2n) is 4.86. The molecule has 0 amide bonds. The van der Waals surface area contributed by atoms with E-state index in [4.69, 9.17) is 0 Å². The van der Waals surface area contributed by atoms with Gasteiger partial charge in [0.2, 0.25) is 0 Å². The first-order chi connectivity index (χ1) is 9.15. The summed E-state index contributed by atoms with van der Waals surface area (Å²) in [7, 11) is 1.96. The van der Waals surface area contributed by atoms with Crippen LogP contribution in [0.25, 0.3) is 0 Å². The Kier molecular flexibility index (Phi) is 4.37. The molecule has 1 N–H and O–H groups in total. The zero-order valence-corrected chi connectivity index (χ0v) is 12.2. The standard InChI is InChI=1S/C14H23N5/c1-5-7-15-14(12-8-16-19(6-2)9-12)13-10-18(4)17-11(13)3/h8-10,14-15H,5-7H2,1-4H3. The minimum atomic E-state index is 0.175. The van der Waals surface area contributed by atoms with Crippen LogP contribution >= 0.6 is 0 Å². The molecule has 5 nitrogen and oxygen atoms in total. The maximum absolute atomic E-state index is 4.44. The van der Waals surface area contributed by atoms with Crippen molar-refractivity contribution in [3.63, 3.8) is 0 Å². The molecule has 2 aromatic heterocycles. The summed E-state index contributed by atoms with van der Waals surface area (Å²) in [6.45, 7) is 8.21. The maximum atomic E-state index is 4.44. The average molecular weight is 261 g/mol. The van der Waals surface area contributed by atoms with Gasteiger partial charge in [0.1, 0.15) is 0 Å². The molecule has 0 aliphatic rings. The Bertz CT molecular complexity index is 526. The average Bonchev–Trinajstić information content (AvgIpc) is 2.97. The van der Waals surface area contributed by atoms with Gasteiger partial charge in [0.05, 0.1) is 17.9 Å². The molecule has 0 aliphatic heterocycles. The second kappa shape index (κ2) is 6.02. The molecule has 0 bridgehead atoms. The van der Waals surface area contributed by atoms with Gasteiger partial charge in [-0.2, -0.15) is 10.2 Å². The van der Waals surface area contributed by atoms with Crippen molar-refractivity contribution in [1.29, 1.82) is 0 Å². The molecule has 2 heterocycles. The van der Waals surface area contributed by atoms with Crippen molar-refractivity contribution in [3.05, 3.63) is 35.4 Å². The first-order valence-corrected chi connectivity index (χ1v) is 6.91. The Morgan fingerprint density at radius 1 is 1.32 bits per heavy atom. The predicted octanol–water partition coefficient (Wildman–Crippen LogP) is 2.03. The molecule has 5 heteroatoms. The second-order valence-corrected chi connectivity index (χ2v) is 4.86. The van der Waals surface area contributed by atoms with E-state index in [0.29, 0.717) is 0 Å². The molecular formula is C14H23N5. The summed E-state index contributed by atoms with van der Waals surface area (Å²) in [6.07, 6.45) is 7.26. The summed E-state index contributed by atoms with van der Waals surface area (Å²) in [5.41, 5.74) is 3.50. The van der Waals surface area contributed by atoms with Crippen LogP contribution < -0.4 is 5.32 Å². The summed E-state index contributed by atoms with van der Waals surface area (Å²) >= 11 is 0. The third-order valence-electron chi connectivity index (χ3n) is 3.27. The van der Waals surface area contributed by atoms with E-state index in [1.807, 2.05) is 22.6 Å². The Labute approximate surface area is 114 Å². The highest BCUT2D eigenvalue weighted by Crippen LogP contribution is 2.23. The van der Waals surface area contributed by atoms with Gasteiger partial charge in [-0.05, 0) is 26.8 Å². The molecule has 0 saturated carbocycles. The number of nitrogens with zero attached hydrogens (tertiary/aromatic N) is 4. The summed E-state index contributed by atoms with van der Waals surface area (Å²) in [4.78, 5) is 0. The van der Waals surface area contributed by atoms with Crippen LogP contribution in [0.3, 0.4) is 0 Å². The molecule has 19 heavy (non-hydrogen) atoms. The van der Waals surface area contributed by atoms with Gasteiger partial charge >= 0.3 is 0 Å². The molecule has 0 saturated heterocycles. The highest BCUT2D eigenvalue weighted by Gasteiger charge is 2.19. The zero-order chi connectivity index (χ0) is 13.8. The first kappa shape index (κ1) is 13.8. The molecule has 2 rings (SSSR count). The molecule has 1 unspecified atom stereocenters. The van der Waals surface area contributed by atoms with E-state index < -0.39 is 0 Å². The van der Waals surface area contributed by atoms with Gasteiger partial charge in [-0.15, -0.1) is 0 Å². The molecule has 0 aromatic carbocycles. The third-order valence-corrected chi connectivity index (χ3v) is 3.27. The SMILES string of the molecule is CCCNC(c1cnn(CC)c1)c1cn(C)nc1C. The monoisotopic (exact) mass is 261 g/mol. The predicted molar refractivity (Wildman–Crippen MR) is 76.0 cm³/mol. The van der Waals surface area contributed by atoms with Crippen molar-refractivity contribution in [3.8, 4) is 0 Å². The van der Waals surface area contributed by atoms with Gasteiger partial charge in [-0.3, -0.25) is 9.36 Å². The van der Waals surface area contributed by atoms with E-state index in [9.17, 15) is 0 Å². The van der Waals surface area contributed by atoms with Gasteiger partial charge in [0.25, 0.3) is 0 Å². The largest absolute Gasteiger partial charge is 0.306 e. The summed E-state index contributed by atoms with van der Waals surface area (Å²) in [6, 6.07) is 0.175. The van der Waals surface area contributed by atoms with Crippen LogP contribution in [0, 0.1) is 6.92 Å². The number of rotatable bonds is 6. The zero-order valence-electron chi connectivity index (χ0n) is 12.2. The lowest BCUT2D eigenvalue weighted by Crippen LogP contribution is -2.23. The van der Waals surface area contributed by atoms with Gasteiger partial charge in [-0.1, -0.05) is 6.92 Å². The van der Waals surface area contributed by atoms with Crippen molar-refractivity contribution < 1.29 is 0 Å². The fourth-order valence-electron chi connectivity index (χ4n) is 2.30. The van der Waals surface area contributed by atoms with Gasteiger partial charge < -0.3 is 5.32 Å². The minimum absolute atomic E-state index is 0.175. The molecule has 2 aromatic rings. The Balaban J connectivity index is 2.32. The van der Waals surface area contributed by atoms with Crippen LogP contribution in [-0.4, -0.2) is 26.1 Å². The number of aryl methyl sites for hydroxylation is 3. The van der Waals surface area contributed by atoms with Crippen molar-refractivity contribution in [2.75, 3.05) is 6.54 Å². The van der Waals surface area contributed by atoms with E-state index in [1.165, 1.54) is 11.1 Å². The molecule has 0 aliphatic carbocycles. The molecule has 0 fully saturated rings. The van der Waals surface area contributed by atoms with Gasteiger partial charge in [0, 0.05) is 37.1 Å². The Hall–Kier alpha value is -1.62. The molecular weight excluding hydrogens is 238 g/mol. The van der Waals surface area contributed by atoms with Crippen molar-refractivity contribution in [2.45, 2.75) is 39.8 Å². The normalized spacial score (nSPS) is 12.8. The fourth-order valence-corrected chi connectivity index (χ4v) is 2.30. The van der Waals surface area contributed by atoms with E-state index in [1.54, 1.807) is 0 Å². The van der Waals surface area contributed by atoms with Crippen LogP contribution in [0.15, 0.2) is 18.6 Å². The lowest BCUT2D eigenvalue weighted by molar-refractivity contribution is 0.594. The van der Waals surface area contributed by atoms with E-state index in [-0.39, 0.29) is 6.04 Å². The first-order valence-electron chi connectivity index (χ1n) is 6.91. The summed E-state index contributed by atoms with van der Waals surface area (Å²) in [5.74, 6) is 0. The quantitative estimate of drug-likeness (QED) is 0.865. The number of aromatic nitrogens is 4. The third kappa shape index (κ3) is 3.04. The highest BCUT2D eigenvalue weighted by atomic mass is 15.3.